The molecule has 11 heavy (non-hydrogen) atoms. The molecule has 0 aromatic carbocycles. The Morgan fingerprint density at radius 1 is 1.27 bits per heavy atom. The molecule has 1 unspecified atom stereocenters. The van der Waals surface area contributed by atoms with E-state index in [1.54, 1.807) is 0 Å². The maximum atomic E-state index is 5.28. The first-order chi connectivity index (χ1) is 5.22. The van der Waals surface area contributed by atoms with Crippen molar-refractivity contribution in [2.45, 2.75) is 0 Å². The fraction of sp³-hybridized carbons (Fsp3) is 1.00. The quantitative estimate of drug-likeness (QED) is 0.579. The van der Waals surface area contributed by atoms with E-state index >= 15 is 0 Å². The van der Waals surface area contributed by atoms with Crippen molar-refractivity contribution in [2.24, 2.45) is 0 Å². The van der Waals surface area contributed by atoms with Gasteiger partial charge in [0.25, 0.3) is 0 Å². The van der Waals surface area contributed by atoms with Gasteiger partial charge in [-0.3, -0.25) is 9.34 Å². The molecular weight excluding hydrogens is 159 g/mol. The Morgan fingerprint density at radius 2 is 1.82 bits per heavy atom. The SMILES string of the molecule is CN(C)P(C)N1CCOCC1. The third-order valence-electron chi connectivity index (χ3n) is 1.98. The summed E-state index contributed by atoms with van der Waals surface area (Å²) in [4.78, 5) is 0. The van der Waals surface area contributed by atoms with Gasteiger partial charge >= 0.3 is 0 Å². The third kappa shape index (κ3) is 2.68. The molecule has 1 rings (SSSR count). The molecule has 1 saturated heterocycles. The number of hydrogen-bond acceptors (Lipinski definition) is 3. The summed E-state index contributed by atoms with van der Waals surface area (Å²) in [5.74, 6) is 0. The Balaban J connectivity index is 2.32. The molecule has 0 saturated carbocycles. The topological polar surface area (TPSA) is 15.7 Å². The molecule has 1 aliphatic heterocycles. The molecule has 0 N–H and O–H groups in total. The zero-order chi connectivity index (χ0) is 8.27. The summed E-state index contributed by atoms with van der Waals surface area (Å²) < 4.78 is 10.1. The van der Waals surface area contributed by atoms with E-state index in [0.717, 1.165) is 26.3 Å². The van der Waals surface area contributed by atoms with Crippen LogP contribution < -0.4 is 0 Å². The second-order valence-corrected chi connectivity index (χ2v) is 5.25. The molecule has 1 fully saturated rings. The van der Waals surface area contributed by atoms with Crippen molar-refractivity contribution in [1.29, 1.82) is 0 Å². The van der Waals surface area contributed by atoms with Crippen LogP contribution in [0.3, 0.4) is 0 Å². The second-order valence-electron chi connectivity index (χ2n) is 2.90. The zero-order valence-corrected chi connectivity index (χ0v) is 8.47. The summed E-state index contributed by atoms with van der Waals surface area (Å²) in [6.07, 6.45) is 0. The Hall–Kier alpha value is 0.310. The molecule has 1 aliphatic rings. The predicted molar refractivity (Wildman–Crippen MR) is 48.9 cm³/mol. The van der Waals surface area contributed by atoms with E-state index in [2.05, 4.69) is 30.1 Å². The predicted octanol–water partition coefficient (Wildman–Crippen LogP) is 0.822. The molecule has 66 valence electrons. The van der Waals surface area contributed by atoms with Gasteiger partial charge in [0.1, 0.15) is 0 Å². The molecule has 0 aliphatic carbocycles. The lowest BCUT2D eigenvalue weighted by Crippen LogP contribution is -2.34. The van der Waals surface area contributed by atoms with Crippen LogP contribution in [0.4, 0.5) is 0 Å². The molecule has 0 spiro atoms. The highest BCUT2D eigenvalue weighted by Crippen LogP contribution is 2.37. The minimum absolute atomic E-state index is 0.0711. The van der Waals surface area contributed by atoms with E-state index in [0.29, 0.717) is 0 Å². The van der Waals surface area contributed by atoms with Crippen LogP contribution in [-0.2, 0) is 4.74 Å². The highest BCUT2D eigenvalue weighted by atomic mass is 31.1. The standard InChI is InChI=1S/C7H17N2OP/c1-8(2)11(3)9-4-6-10-7-5-9/h4-7H2,1-3H3. The van der Waals surface area contributed by atoms with Gasteiger partial charge in [0.05, 0.1) is 13.2 Å². The lowest BCUT2D eigenvalue weighted by Gasteiger charge is -2.35. The highest BCUT2D eigenvalue weighted by molar-refractivity contribution is 7.51. The van der Waals surface area contributed by atoms with Gasteiger partial charge in [-0.2, -0.15) is 0 Å². The summed E-state index contributed by atoms with van der Waals surface area (Å²) in [7, 11) is 4.21. The van der Waals surface area contributed by atoms with Crippen LogP contribution in [0.2, 0.25) is 0 Å². The van der Waals surface area contributed by atoms with Crippen LogP contribution in [0.15, 0.2) is 0 Å². The van der Waals surface area contributed by atoms with Crippen molar-refractivity contribution in [3.8, 4) is 0 Å². The second kappa shape index (κ2) is 4.36. The summed E-state index contributed by atoms with van der Waals surface area (Å²) in [6, 6.07) is 0. The highest BCUT2D eigenvalue weighted by Gasteiger charge is 2.17. The van der Waals surface area contributed by atoms with Crippen LogP contribution >= 0.6 is 8.22 Å². The molecule has 1 atom stereocenters. The average Bonchev–Trinajstić information content (AvgIpc) is 2.05. The van der Waals surface area contributed by atoms with Crippen LogP contribution in [0.25, 0.3) is 0 Å². The monoisotopic (exact) mass is 176 g/mol. The fourth-order valence-electron chi connectivity index (χ4n) is 1.10. The van der Waals surface area contributed by atoms with E-state index in [1.165, 1.54) is 0 Å². The van der Waals surface area contributed by atoms with Crippen LogP contribution in [0.1, 0.15) is 0 Å². The van der Waals surface area contributed by atoms with Gasteiger partial charge < -0.3 is 4.74 Å². The number of ether oxygens (including phenoxy) is 1. The fourth-order valence-corrected chi connectivity index (χ4v) is 2.34. The lowest BCUT2D eigenvalue weighted by molar-refractivity contribution is 0.0733. The first-order valence-corrected chi connectivity index (χ1v) is 5.65. The first kappa shape index (κ1) is 9.40. The molecule has 0 radical (unpaired) electrons. The Kier molecular flexibility index (Phi) is 3.73. The summed E-state index contributed by atoms with van der Waals surface area (Å²) >= 11 is 0. The average molecular weight is 176 g/mol. The molecule has 1 heterocycles. The molecule has 0 amide bonds. The Labute approximate surface area is 70.2 Å². The zero-order valence-electron chi connectivity index (χ0n) is 7.58. The minimum atomic E-state index is -0.0711. The molecule has 0 aromatic heterocycles. The molecule has 0 bridgehead atoms. The Morgan fingerprint density at radius 3 is 2.27 bits per heavy atom. The number of nitrogens with zero attached hydrogens (tertiary/aromatic N) is 2. The van der Waals surface area contributed by atoms with Crippen molar-refractivity contribution in [2.75, 3.05) is 47.1 Å². The van der Waals surface area contributed by atoms with E-state index < -0.39 is 0 Å². The molecular formula is C7H17N2OP. The molecule has 3 nitrogen and oxygen atoms in total. The van der Waals surface area contributed by atoms with E-state index in [4.69, 9.17) is 4.74 Å². The van der Waals surface area contributed by atoms with E-state index in [-0.39, 0.29) is 8.22 Å². The van der Waals surface area contributed by atoms with Crippen LogP contribution in [-0.4, -0.2) is 56.4 Å². The molecule has 0 aromatic rings. The minimum Gasteiger partial charge on any atom is -0.379 e. The Bertz CT molecular complexity index is 115. The third-order valence-corrected chi connectivity index (χ3v) is 4.35. The van der Waals surface area contributed by atoms with Gasteiger partial charge in [0.2, 0.25) is 0 Å². The van der Waals surface area contributed by atoms with Gasteiger partial charge in [0, 0.05) is 21.3 Å². The van der Waals surface area contributed by atoms with Crippen molar-refractivity contribution < 1.29 is 4.74 Å². The maximum absolute atomic E-state index is 5.28. The molecule has 4 heteroatoms. The summed E-state index contributed by atoms with van der Waals surface area (Å²) in [5.41, 5.74) is 0. The van der Waals surface area contributed by atoms with Crippen molar-refractivity contribution in [3.05, 3.63) is 0 Å². The van der Waals surface area contributed by atoms with E-state index in [9.17, 15) is 0 Å². The van der Waals surface area contributed by atoms with Gasteiger partial charge in [-0.15, -0.1) is 0 Å². The van der Waals surface area contributed by atoms with Crippen LogP contribution in [0.5, 0.6) is 0 Å². The van der Waals surface area contributed by atoms with Gasteiger partial charge in [-0.1, -0.05) is 0 Å². The lowest BCUT2D eigenvalue weighted by atomic mass is 10.5. The largest absolute Gasteiger partial charge is 0.379 e. The first-order valence-electron chi connectivity index (χ1n) is 3.95. The summed E-state index contributed by atoms with van der Waals surface area (Å²) in [5, 5.41) is 0. The van der Waals surface area contributed by atoms with Crippen molar-refractivity contribution in [3.63, 3.8) is 0 Å². The van der Waals surface area contributed by atoms with Gasteiger partial charge in [0.15, 0.2) is 0 Å². The number of morpholine rings is 1. The van der Waals surface area contributed by atoms with E-state index in [1.807, 2.05) is 0 Å². The normalized spacial score (nSPS) is 24.0. The maximum Gasteiger partial charge on any atom is 0.0597 e. The number of rotatable bonds is 2. The van der Waals surface area contributed by atoms with Gasteiger partial charge in [-0.05, 0) is 20.8 Å². The summed E-state index contributed by atoms with van der Waals surface area (Å²) in [6.45, 7) is 6.29. The van der Waals surface area contributed by atoms with Gasteiger partial charge in [-0.25, -0.2) is 0 Å². The number of hydrogen-bond donors (Lipinski definition) is 0. The smallest absolute Gasteiger partial charge is 0.0597 e. The van der Waals surface area contributed by atoms with Crippen molar-refractivity contribution >= 4 is 8.22 Å². The van der Waals surface area contributed by atoms with Crippen molar-refractivity contribution in [1.82, 2.24) is 9.34 Å². The van der Waals surface area contributed by atoms with Crippen LogP contribution in [0, 0.1) is 0 Å².